The van der Waals surface area contributed by atoms with Crippen LogP contribution in [0.15, 0.2) is 59.5 Å². The Morgan fingerprint density at radius 2 is 1.70 bits per heavy atom. The first kappa shape index (κ1) is 19.5. The van der Waals surface area contributed by atoms with E-state index in [2.05, 4.69) is 10.0 Å². The van der Waals surface area contributed by atoms with Crippen LogP contribution in [0.3, 0.4) is 0 Å². The van der Waals surface area contributed by atoms with Crippen LogP contribution in [0.25, 0.3) is 0 Å². The van der Waals surface area contributed by atoms with Gasteiger partial charge in [0, 0.05) is 13.1 Å². The van der Waals surface area contributed by atoms with Crippen molar-refractivity contribution < 1.29 is 17.6 Å². The zero-order chi connectivity index (χ0) is 19.3. The Balaban J connectivity index is 1.61. The van der Waals surface area contributed by atoms with Crippen LogP contribution in [0.1, 0.15) is 31.2 Å². The van der Waals surface area contributed by atoms with Crippen molar-refractivity contribution in [1.82, 2.24) is 10.0 Å². The van der Waals surface area contributed by atoms with E-state index in [9.17, 15) is 17.6 Å². The van der Waals surface area contributed by atoms with Crippen LogP contribution in [0.4, 0.5) is 4.39 Å². The SMILES string of the molecule is O=C(NCCNS(=O)(=O)c1ccccc1)C1(c2cccc(F)c2)CCCC1. The van der Waals surface area contributed by atoms with Gasteiger partial charge in [0.25, 0.3) is 0 Å². The van der Waals surface area contributed by atoms with Gasteiger partial charge in [-0.15, -0.1) is 0 Å². The minimum Gasteiger partial charge on any atom is -0.354 e. The van der Waals surface area contributed by atoms with Crippen LogP contribution in [-0.2, 0) is 20.2 Å². The summed E-state index contributed by atoms with van der Waals surface area (Å²) in [4.78, 5) is 13.0. The number of hydrogen-bond donors (Lipinski definition) is 2. The Kier molecular flexibility index (Phi) is 5.92. The number of rotatable bonds is 7. The molecule has 0 saturated heterocycles. The molecule has 0 atom stereocenters. The summed E-state index contributed by atoms with van der Waals surface area (Å²) in [7, 11) is -3.60. The second-order valence-corrected chi connectivity index (χ2v) is 8.53. The molecule has 0 heterocycles. The first-order valence-corrected chi connectivity index (χ1v) is 10.5. The summed E-state index contributed by atoms with van der Waals surface area (Å²) >= 11 is 0. The van der Waals surface area contributed by atoms with Gasteiger partial charge in [0.2, 0.25) is 15.9 Å². The predicted octanol–water partition coefficient (Wildman–Crippen LogP) is 2.73. The maximum absolute atomic E-state index is 13.6. The largest absolute Gasteiger partial charge is 0.354 e. The molecule has 0 unspecified atom stereocenters. The number of carbonyl (C=O) groups excluding carboxylic acids is 1. The Bertz CT molecular complexity index is 894. The van der Waals surface area contributed by atoms with E-state index in [1.807, 2.05) is 0 Å². The molecule has 0 bridgehead atoms. The lowest BCUT2D eigenvalue weighted by molar-refractivity contribution is -0.126. The number of benzene rings is 2. The smallest absolute Gasteiger partial charge is 0.240 e. The summed E-state index contributed by atoms with van der Waals surface area (Å²) in [6.45, 7) is 0.254. The number of amides is 1. The van der Waals surface area contributed by atoms with Gasteiger partial charge in [-0.25, -0.2) is 17.5 Å². The number of hydrogen-bond acceptors (Lipinski definition) is 3. The highest BCUT2D eigenvalue weighted by Crippen LogP contribution is 2.41. The summed E-state index contributed by atoms with van der Waals surface area (Å²) in [5.41, 5.74) is -0.0530. The van der Waals surface area contributed by atoms with Gasteiger partial charge in [-0.1, -0.05) is 43.2 Å². The van der Waals surface area contributed by atoms with Crippen molar-refractivity contribution in [2.24, 2.45) is 0 Å². The summed E-state index contributed by atoms with van der Waals surface area (Å²) in [6, 6.07) is 14.3. The normalized spacial score (nSPS) is 16.2. The van der Waals surface area contributed by atoms with Crippen LogP contribution >= 0.6 is 0 Å². The van der Waals surface area contributed by atoms with Gasteiger partial charge in [0.05, 0.1) is 10.3 Å². The third-order valence-electron chi connectivity index (χ3n) is 5.03. The van der Waals surface area contributed by atoms with Gasteiger partial charge in [0.1, 0.15) is 5.82 Å². The molecule has 1 aliphatic rings. The highest BCUT2D eigenvalue weighted by atomic mass is 32.2. The molecular formula is C20H23FN2O3S. The van der Waals surface area contributed by atoms with Crippen LogP contribution in [0, 0.1) is 5.82 Å². The molecule has 2 aromatic carbocycles. The summed E-state index contributed by atoms with van der Waals surface area (Å²) in [5, 5.41) is 2.82. The molecule has 1 aliphatic carbocycles. The van der Waals surface area contributed by atoms with Crippen molar-refractivity contribution in [3.05, 3.63) is 66.0 Å². The molecule has 1 fully saturated rings. The number of carbonyl (C=O) groups is 1. The van der Waals surface area contributed by atoms with Crippen molar-refractivity contribution in [3.63, 3.8) is 0 Å². The number of nitrogens with one attached hydrogen (secondary N) is 2. The molecular weight excluding hydrogens is 367 g/mol. The summed E-state index contributed by atoms with van der Waals surface area (Å²) in [5.74, 6) is -0.535. The third-order valence-corrected chi connectivity index (χ3v) is 6.50. The Hall–Kier alpha value is -2.25. The molecule has 5 nitrogen and oxygen atoms in total. The van der Waals surface area contributed by atoms with Crippen molar-refractivity contribution in [1.29, 1.82) is 0 Å². The quantitative estimate of drug-likeness (QED) is 0.714. The molecule has 1 saturated carbocycles. The summed E-state index contributed by atoms with van der Waals surface area (Å²) in [6.07, 6.45) is 3.14. The van der Waals surface area contributed by atoms with Crippen LogP contribution < -0.4 is 10.0 Å². The molecule has 144 valence electrons. The Morgan fingerprint density at radius 3 is 2.37 bits per heavy atom. The minimum absolute atomic E-state index is 0.0855. The predicted molar refractivity (Wildman–Crippen MR) is 101 cm³/mol. The topological polar surface area (TPSA) is 75.3 Å². The molecule has 0 spiro atoms. The molecule has 27 heavy (non-hydrogen) atoms. The molecule has 3 rings (SSSR count). The van der Waals surface area contributed by atoms with E-state index in [1.54, 1.807) is 30.3 Å². The molecule has 2 N–H and O–H groups in total. The minimum atomic E-state index is -3.60. The van der Waals surface area contributed by atoms with Gasteiger partial charge >= 0.3 is 0 Å². The maximum atomic E-state index is 13.6. The van der Waals surface area contributed by atoms with E-state index in [0.29, 0.717) is 18.4 Å². The highest BCUT2D eigenvalue weighted by Gasteiger charge is 2.42. The molecule has 7 heteroatoms. The Morgan fingerprint density at radius 1 is 1.00 bits per heavy atom. The summed E-state index contributed by atoms with van der Waals surface area (Å²) < 4.78 is 40.5. The zero-order valence-electron chi connectivity index (χ0n) is 14.9. The van der Waals surface area contributed by atoms with E-state index in [0.717, 1.165) is 12.8 Å². The fourth-order valence-electron chi connectivity index (χ4n) is 3.63. The first-order chi connectivity index (χ1) is 12.9. The second-order valence-electron chi connectivity index (χ2n) is 6.77. The maximum Gasteiger partial charge on any atom is 0.240 e. The van der Waals surface area contributed by atoms with E-state index >= 15 is 0 Å². The average molecular weight is 390 g/mol. The average Bonchev–Trinajstić information content (AvgIpc) is 3.17. The van der Waals surface area contributed by atoms with E-state index in [-0.39, 0.29) is 29.7 Å². The zero-order valence-corrected chi connectivity index (χ0v) is 15.8. The fraction of sp³-hybridized carbons (Fsp3) is 0.350. The standard InChI is InChI=1S/C20H23FN2O3S/c21-17-8-6-7-16(15-17)20(11-4-5-12-20)19(24)22-13-14-23-27(25,26)18-9-2-1-3-10-18/h1-3,6-10,15,23H,4-5,11-14H2,(H,22,24). The van der Waals surface area contributed by atoms with Gasteiger partial charge in [0.15, 0.2) is 0 Å². The van der Waals surface area contributed by atoms with Crippen LogP contribution in [0.5, 0.6) is 0 Å². The fourth-order valence-corrected chi connectivity index (χ4v) is 4.68. The molecule has 1 amide bonds. The molecule has 0 aromatic heterocycles. The highest BCUT2D eigenvalue weighted by molar-refractivity contribution is 7.89. The van der Waals surface area contributed by atoms with E-state index in [4.69, 9.17) is 0 Å². The van der Waals surface area contributed by atoms with E-state index in [1.165, 1.54) is 24.3 Å². The van der Waals surface area contributed by atoms with Gasteiger partial charge in [-0.3, -0.25) is 4.79 Å². The van der Waals surface area contributed by atoms with Gasteiger partial charge in [-0.05, 0) is 42.7 Å². The lowest BCUT2D eigenvalue weighted by atomic mass is 9.78. The van der Waals surface area contributed by atoms with Crippen LogP contribution in [-0.4, -0.2) is 27.4 Å². The Labute approximate surface area is 159 Å². The molecule has 0 aliphatic heterocycles. The van der Waals surface area contributed by atoms with Crippen LogP contribution in [0.2, 0.25) is 0 Å². The first-order valence-electron chi connectivity index (χ1n) is 9.03. The molecule has 2 aromatic rings. The second kappa shape index (κ2) is 8.19. The van der Waals surface area contributed by atoms with Crippen molar-refractivity contribution in [3.8, 4) is 0 Å². The lowest BCUT2D eigenvalue weighted by Gasteiger charge is -2.28. The number of halogens is 1. The van der Waals surface area contributed by atoms with Gasteiger partial charge in [-0.2, -0.15) is 0 Å². The third kappa shape index (κ3) is 4.36. The molecule has 0 radical (unpaired) electrons. The lowest BCUT2D eigenvalue weighted by Crippen LogP contribution is -2.45. The van der Waals surface area contributed by atoms with Crippen molar-refractivity contribution in [2.45, 2.75) is 36.0 Å². The van der Waals surface area contributed by atoms with Crippen molar-refractivity contribution in [2.75, 3.05) is 13.1 Å². The van der Waals surface area contributed by atoms with E-state index < -0.39 is 15.4 Å². The number of sulfonamides is 1. The van der Waals surface area contributed by atoms with Gasteiger partial charge < -0.3 is 5.32 Å². The van der Waals surface area contributed by atoms with Crippen molar-refractivity contribution >= 4 is 15.9 Å². The monoisotopic (exact) mass is 390 g/mol.